The monoisotopic (exact) mass is 304 g/mol. The summed E-state index contributed by atoms with van der Waals surface area (Å²) >= 11 is 0. The van der Waals surface area contributed by atoms with Gasteiger partial charge in [0.2, 0.25) is 0 Å². The van der Waals surface area contributed by atoms with Crippen LogP contribution in [0.5, 0.6) is 0 Å². The van der Waals surface area contributed by atoms with Gasteiger partial charge in [-0.05, 0) is 55.1 Å². The van der Waals surface area contributed by atoms with Gasteiger partial charge in [0.15, 0.2) is 5.78 Å². The van der Waals surface area contributed by atoms with Gasteiger partial charge in [-0.3, -0.25) is 4.79 Å². The summed E-state index contributed by atoms with van der Waals surface area (Å²) in [7, 11) is 0. The molecule has 0 aliphatic heterocycles. The first kappa shape index (κ1) is 17.2. The van der Waals surface area contributed by atoms with Gasteiger partial charge < -0.3 is 10.2 Å². The summed E-state index contributed by atoms with van der Waals surface area (Å²) in [4.78, 5) is 12.6. The molecule has 0 aromatic rings. The SMILES string of the molecule is C=C1CC[C@@H]2CCC=C(C(=O)C/C(C)=C/[C@@H](O)[C@@H]1O)C2(C)C. The molecule has 3 heteroatoms. The lowest BCUT2D eigenvalue weighted by atomic mass is 9.64. The van der Waals surface area contributed by atoms with Gasteiger partial charge in [-0.15, -0.1) is 0 Å². The number of carbonyl (C=O) groups is 1. The molecule has 2 aliphatic carbocycles. The van der Waals surface area contributed by atoms with Gasteiger partial charge in [-0.25, -0.2) is 0 Å². The fourth-order valence-electron chi connectivity index (χ4n) is 3.79. The van der Waals surface area contributed by atoms with Crippen molar-refractivity contribution in [2.75, 3.05) is 0 Å². The molecule has 0 spiro atoms. The Morgan fingerprint density at radius 2 is 1.95 bits per heavy atom. The standard InChI is InChI=1S/C19H28O3/c1-12-10-16(20)15-7-5-6-14(19(15,3)4)9-8-13(2)18(22)17(21)11-12/h7,11,14,17-18,21-22H,2,5-6,8-10H2,1,3-4H3/b12-11+/t14-,17+,18+/m0/s1. The van der Waals surface area contributed by atoms with Crippen LogP contribution in [0.3, 0.4) is 0 Å². The van der Waals surface area contributed by atoms with Crippen LogP contribution in [-0.2, 0) is 4.79 Å². The Morgan fingerprint density at radius 1 is 1.27 bits per heavy atom. The maximum absolute atomic E-state index is 12.6. The maximum Gasteiger partial charge on any atom is 0.163 e. The van der Waals surface area contributed by atoms with Crippen molar-refractivity contribution in [3.05, 3.63) is 35.5 Å². The molecule has 122 valence electrons. The number of ketones is 1. The Labute approximate surface area is 133 Å². The van der Waals surface area contributed by atoms with Crippen molar-refractivity contribution in [1.29, 1.82) is 0 Å². The molecular formula is C19H28O3. The minimum Gasteiger partial charge on any atom is -0.386 e. The molecule has 0 amide bonds. The average molecular weight is 304 g/mol. The highest BCUT2D eigenvalue weighted by atomic mass is 16.3. The lowest BCUT2D eigenvalue weighted by Gasteiger charge is -2.40. The van der Waals surface area contributed by atoms with E-state index in [4.69, 9.17) is 0 Å². The summed E-state index contributed by atoms with van der Waals surface area (Å²) < 4.78 is 0. The lowest BCUT2D eigenvalue weighted by Crippen LogP contribution is -2.34. The van der Waals surface area contributed by atoms with E-state index in [1.165, 1.54) is 0 Å². The molecule has 22 heavy (non-hydrogen) atoms. The van der Waals surface area contributed by atoms with Gasteiger partial charge in [-0.1, -0.05) is 38.2 Å². The van der Waals surface area contributed by atoms with Crippen LogP contribution in [0.2, 0.25) is 0 Å². The largest absolute Gasteiger partial charge is 0.386 e. The van der Waals surface area contributed by atoms with Crippen LogP contribution >= 0.6 is 0 Å². The number of Topliss-reactive ketones (excluding diaryl/α,β-unsaturated/α-hetero) is 1. The minimum atomic E-state index is -0.985. The number of allylic oxidation sites excluding steroid dienone is 3. The van der Waals surface area contributed by atoms with Crippen molar-refractivity contribution in [2.45, 2.75) is 65.1 Å². The zero-order valence-electron chi connectivity index (χ0n) is 13.9. The van der Waals surface area contributed by atoms with E-state index in [1.807, 2.05) is 6.92 Å². The van der Waals surface area contributed by atoms with Gasteiger partial charge in [0.25, 0.3) is 0 Å². The summed E-state index contributed by atoms with van der Waals surface area (Å²) in [6.07, 6.45) is 5.62. The Balaban J connectivity index is 2.38. The first-order valence-corrected chi connectivity index (χ1v) is 8.18. The normalized spacial score (nSPS) is 35.8. The average Bonchev–Trinajstić information content (AvgIpc) is 2.42. The molecule has 0 saturated carbocycles. The minimum absolute atomic E-state index is 0.140. The van der Waals surface area contributed by atoms with Gasteiger partial charge in [0.05, 0.1) is 0 Å². The van der Waals surface area contributed by atoms with E-state index in [1.54, 1.807) is 6.08 Å². The molecule has 0 fully saturated rings. The first-order valence-electron chi connectivity index (χ1n) is 8.18. The second-order valence-corrected chi connectivity index (χ2v) is 7.36. The summed E-state index contributed by atoms with van der Waals surface area (Å²) in [5.41, 5.74) is 2.26. The zero-order chi connectivity index (χ0) is 16.5. The first-order chi connectivity index (χ1) is 10.2. The molecule has 0 saturated heterocycles. The van der Waals surface area contributed by atoms with E-state index < -0.39 is 12.2 Å². The van der Waals surface area contributed by atoms with E-state index >= 15 is 0 Å². The highest BCUT2D eigenvalue weighted by Gasteiger charge is 2.38. The molecular weight excluding hydrogens is 276 g/mol. The Morgan fingerprint density at radius 3 is 2.64 bits per heavy atom. The predicted molar refractivity (Wildman–Crippen MR) is 88.4 cm³/mol. The summed E-state index contributed by atoms with van der Waals surface area (Å²) in [5.74, 6) is 0.547. The Hall–Kier alpha value is -1.19. The number of hydrogen-bond donors (Lipinski definition) is 2. The van der Waals surface area contributed by atoms with Crippen molar-refractivity contribution in [1.82, 2.24) is 0 Å². The Bertz CT molecular complexity index is 525. The van der Waals surface area contributed by atoms with E-state index in [9.17, 15) is 15.0 Å². The smallest absolute Gasteiger partial charge is 0.163 e. The van der Waals surface area contributed by atoms with Gasteiger partial charge in [0.1, 0.15) is 12.2 Å². The maximum atomic E-state index is 12.6. The summed E-state index contributed by atoms with van der Waals surface area (Å²) in [5, 5.41) is 20.3. The van der Waals surface area contributed by atoms with Crippen LogP contribution in [0.25, 0.3) is 0 Å². The van der Waals surface area contributed by atoms with Crippen molar-refractivity contribution < 1.29 is 15.0 Å². The van der Waals surface area contributed by atoms with Crippen LogP contribution in [-0.4, -0.2) is 28.2 Å². The number of hydrogen-bond acceptors (Lipinski definition) is 3. The van der Waals surface area contributed by atoms with Crippen molar-refractivity contribution >= 4 is 5.78 Å². The van der Waals surface area contributed by atoms with E-state index in [0.29, 0.717) is 24.3 Å². The van der Waals surface area contributed by atoms with Crippen LogP contribution in [0, 0.1) is 11.3 Å². The highest BCUT2D eigenvalue weighted by molar-refractivity contribution is 5.98. The quantitative estimate of drug-likeness (QED) is 0.675. The third kappa shape index (κ3) is 3.41. The summed E-state index contributed by atoms with van der Waals surface area (Å²) in [6, 6.07) is 0. The number of rotatable bonds is 0. The fraction of sp³-hybridized carbons (Fsp3) is 0.632. The predicted octanol–water partition coefficient (Wildman–Crippen LogP) is 3.33. The molecule has 3 atom stereocenters. The molecule has 2 aliphatic rings. The molecule has 2 bridgehead atoms. The lowest BCUT2D eigenvalue weighted by molar-refractivity contribution is -0.116. The van der Waals surface area contributed by atoms with E-state index in [0.717, 1.165) is 30.4 Å². The second kappa shape index (κ2) is 6.51. The molecule has 2 rings (SSSR count). The molecule has 2 N–H and O–H groups in total. The van der Waals surface area contributed by atoms with Crippen molar-refractivity contribution in [3.63, 3.8) is 0 Å². The number of aliphatic hydroxyl groups is 2. The van der Waals surface area contributed by atoms with E-state index in [-0.39, 0.29) is 11.2 Å². The van der Waals surface area contributed by atoms with Crippen LogP contribution < -0.4 is 0 Å². The van der Waals surface area contributed by atoms with E-state index in [2.05, 4.69) is 26.5 Å². The second-order valence-electron chi connectivity index (χ2n) is 7.36. The molecule has 0 heterocycles. The van der Waals surface area contributed by atoms with Crippen LogP contribution in [0.15, 0.2) is 35.5 Å². The number of carbonyl (C=O) groups excluding carboxylic acids is 1. The highest BCUT2D eigenvalue weighted by Crippen LogP contribution is 2.45. The molecule has 0 radical (unpaired) electrons. The van der Waals surface area contributed by atoms with Crippen LogP contribution in [0.1, 0.15) is 52.9 Å². The zero-order valence-corrected chi connectivity index (χ0v) is 13.9. The topological polar surface area (TPSA) is 57.5 Å². The van der Waals surface area contributed by atoms with Gasteiger partial charge in [0, 0.05) is 6.42 Å². The third-order valence-electron chi connectivity index (χ3n) is 5.33. The fourth-order valence-corrected chi connectivity index (χ4v) is 3.79. The summed E-state index contributed by atoms with van der Waals surface area (Å²) in [6.45, 7) is 10.1. The number of aliphatic hydroxyl groups excluding tert-OH is 2. The molecule has 3 nitrogen and oxygen atoms in total. The van der Waals surface area contributed by atoms with Crippen LogP contribution in [0.4, 0.5) is 0 Å². The third-order valence-corrected chi connectivity index (χ3v) is 5.33. The van der Waals surface area contributed by atoms with Crippen molar-refractivity contribution in [2.24, 2.45) is 11.3 Å². The Kier molecular flexibility index (Phi) is 5.08. The molecule has 0 aromatic carbocycles. The van der Waals surface area contributed by atoms with Gasteiger partial charge >= 0.3 is 0 Å². The molecule has 0 unspecified atom stereocenters. The number of fused-ring (bicyclic) bond motifs is 2. The van der Waals surface area contributed by atoms with Gasteiger partial charge in [-0.2, -0.15) is 0 Å². The van der Waals surface area contributed by atoms with Crippen molar-refractivity contribution in [3.8, 4) is 0 Å². The molecule has 0 aromatic heterocycles.